The van der Waals surface area contributed by atoms with E-state index in [1.165, 1.54) is 0 Å². The lowest BCUT2D eigenvalue weighted by molar-refractivity contribution is 0.393. The molecule has 2 rings (SSSR count). The second-order valence-corrected chi connectivity index (χ2v) is 3.60. The van der Waals surface area contributed by atoms with Crippen molar-refractivity contribution in [1.82, 2.24) is 10.1 Å². The molecule has 0 spiro atoms. The average Bonchev–Trinajstić information content (AvgIpc) is 2.52. The molecule has 2 N–H and O–H groups in total. The first kappa shape index (κ1) is 9.71. The number of nitrogens with zero attached hydrogens (tertiary/aromatic N) is 2. The number of aromatic nitrogens is 2. The van der Waals surface area contributed by atoms with Gasteiger partial charge >= 0.3 is 0 Å². The Morgan fingerprint density at radius 2 is 1.93 bits per heavy atom. The lowest BCUT2D eigenvalue weighted by Crippen LogP contribution is -1.94. The summed E-state index contributed by atoms with van der Waals surface area (Å²) in [6, 6.07) is 1.90. The van der Waals surface area contributed by atoms with Gasteiger partial charge in [0.2, 0.25) is 0 Å². The number of anilines is 1. The zero-order chi connectivity index (χ0) is 11.0. The first-order valence-electron chi connectivity index (χ1n) is 4.75. The van der Waals surface area contributed by atoms with Crippen molar-refractivity contribution < 1.29 is 4.52 Å². The third-order valence-corrected chi connectivity index (χ3v) is 2.45. The molecule has 0 aliphatic carbocycles. The van der Waals surface area contributed by atoms with Crippen LogP contribution in [-0.2, 0) is 0 Å². The molecule has 2 heterocycles. The van der Waals surface area contributed by atoms with Gasteiger partial charge in [-0.3, -0.25) is 4.98 Å². The standard InChI is InChI=1S/C11H13N3O/c1-6-10(12)4-9(5-13-6)11-7(2)14-15-8(11)3/h4-5H,12H2,1-3H3. The topological polar surface area (TPSA) is 64.9 Å². The van der Waals surface area contributed by atoms with Crippen LogP contribution in [0.2, 0.25) is 0 Å². The van der Waals surface area contributed by atoms with Crippen LogP contribution in [0.5, 0.6) is 0 Å². The van der Waals surface area contributed by atoms with E-state index in [4.69, 9.17) is 10.3 Å². The molecule has 0 amide bonds. The Hall–Kier alpha value is -1.84. The number of pyridine rings is 1. The third kappa shape index (κ3) is 1.58. The van der Waals surface area contributed by atoms with E-state index in [0.29, 0.717) is 5.69 Å². The lowest BCUT2D eigenvalue weighted by atomic mass is 10.1. The molecule has 78 valence electrons. The fourth-order valence-corrected chi connectivity index (χ4v) is 1.58. The molecule has 0 aliphatic heterocycles. The maximum absolute atomic E-state index is 5.81. The molecule has 2 aromatic rings. The summed E-state index contributed by atoms with van der Waals surface area (Å²) in [6.45, 7) is 5.67. The summed E-state index contributed by atoms with van der Waals surface area (Å²) in [4.78, 5) is 4.22. The minimum atomic E-state index is 0.688. The van der Waals surface area contributed by atoms with Gasteiger partial charge in [-0.1, -0.05) is 5.16 Å². The maximum atomic E-state index is 5.81. The van der Waals surface area contributed by atoms with E-state index >= 15 is 0 Å². The molecular weight excluding hydrogens is 190 g/mol. The van der Waals surface area contributed by atoms with Gasteiger partial charge in [-0.2, -0.15) is 0 Å². The van der Waals surface area contributed by atoms with Crippen LogP contribution in [0.25, 0.3) is 11.1 Å². The first-order chi connectivity index (χ1) is 7.09. The van der Waals surface area contributed by atoms with Crippen molar-refractivity contribution in [1.29, 1.82) is 0 Å². The summed E-state index contributed by atoms with van der Waals surface area (Å²) < 4.78 is 5.10. The van der Waals surface area contributed by atoms with Gasteiger partial charge in [-0.05, 0) is 26.8 Å². The van der Waals surface area contributed by atoms with Crippen molar-refractivity contribution in [2.45, 2.75) is 20.8 Å². The molecule has 0 aromatic carbocycles. The van der Waals surface area contributed by atoms with Gasteiger partial charge in [-0.15, -0.1) is 0 Å². The molecule has 0 bridgehead atoms. The van der Waals surface area contributed by atoms with Gasteiger partial charge in [0.25, 0.3) is 0 Å². The van der Waals surface area contributed by atoms with E-state index in [-0.39, 0.29) is 0 Å². The van der Waals surface area contributed by atoms with Crippen LogP contribution in [0.15, 0.2) is 16.8 Å². The summed E-state index contributed by atoms with van der Waals surface area (Å²) in [5.74, 6) is 0.789. The molecule has 15 heavy (non-hydrogen) atoms. The van der Waals surface area contributed by atoms with Gasteiger partial charge in [0.05, 0.1) is 17.1 Å². The van der Waals surface area contributed by atoms with Gasteiger partial charge in [0, 0.05) is 17.3 Å². The number of rotatable bonds is 1. The van der Waals surface area contributed by atoms with Crippen molar-refractivity contribution >= 4 is 5.69 Å². The van der Waals surface area contributed by atoms with Crippen LogP contribution in [0.1, 0.15) is 17.1 Å². The highest BCUT2D eigenvalue weighted by molar-refractivity contribution is 5.70. The minimum Gasteiger partial charge on any atom is -0.397 e. The SMILES string of the molecule is Cc1ncc(-c2c(C)noc2C)cc1N. The largest absolute Gasteiger partial charge is 0.397 e. The molecule has 0 unspecified atom stereocenters. The Kier molecular flexibility index (Phi) is 2.19. The molecule has 0 atom stereocenters. The molecule has 0 radical (unpaired) electrons. The van der Waals surface area contributed by atoms with Crippen molar-refractivity contribution in [2.24, 2.45) is 0 Å². The Labute approximate surface area is 88.1 Å². The van der Waals surface area contributed by atoms with Crippen LogP contribution in [0.3, 0.4) is 0 Å². The van der Waals surface area contributed by atoms with E-state index in [1.807, 2.05) is 26.8 Å². The number of hydrogen-bond acceptors (Lipinski definition) is 4. The Bertz CT molecular complexity index is 483. The van der Waals surface area contributed by atoms with E-state index in [9.17, 15) is 0 Å². The summed E-state index contributed by atoms with van der Waals surface area (Å²) in [7, 11) is 0. The quantitative estimate of drug-likeness (QED) is 0.772. The molecule has 4 nitrogen and oxygen atoms in total. The zero-order valence-electron chi connectivity index (χ0n) is 9.03. The van der Waals surface area contributed by atoms with E-state index in [1.54, 1.807) is 6.20 Å². The molecule has 4 heteroatoms. The Morgan fingerprint density at radius 3 is 2.47 bits per heavy atom. The smallest absolute Gasteiger partial charge is 0.141 e. The fraction of sp³-hybridized carbons (Fsp3) is 0.273. The fourth-order valence-electron chi connectivity index (χ4n) is 1.58. The third-order valence-electron chi connectivity index (χ3n) is 2.45. The normalized spacial score (nSPS) is 10.6. The predicted molar refractivity (Wildman–Crippen MR) is 58.4 cm³/mol. The second-order valence-electron chi connectivity index (χ2n) is 3.60. The molecule has 0 saturated heterocycles. The lowest BCUT2D eigenvalue weighted by Gasteiger charge is -2.03. The van der Waals surface area contributed by atoms with Crippen LogP contribution in [-0.4, -0.2) is 10.1 Å². The van der Waals surface area contributed by atoms with Crippen LogP contribution >= 0.6 is 0 Å². The van der Waals surface area contributed by atoms with Gasteiger partial charge in [0.1, 0.15) is 5.76 Å². The number of nitrogens with two attached hydrogens (primary N) is 1. The number of nitrogen functional groups attached to an aromatic ring is 1. The monoisotopic (exact) mass is 203 g/mol. The van der Waals surface area contributed by atoms with Gasteiger partial charge < -0.3 is 10.3 Å². The first-order valence-corrected chi connectivity index (χ1v) is 4.75. The summed E-state index contributed by atoms with van der Waals surface area (Å²) >= 11 is 0. The zero-order valence-corrected chi connectivity index (χ0v) is 9.03. The Morgan fingerprint density at radius 1 is 1.20 bits per heavy atom. The number of hydrogen-bond donors (Lipinski definition) is 1. The maximum Gasteiger partial charge on any atom is 0.141 e. The predicted octanol–water partition coefficient (Wildman–Crippen LogP) is 2.24. The van der Waals surface area contributed by atoms with Gasteiger partial charge in [0.15, 0.2) is 0 Å². The molecule has 0 aliphatic rings. The molecule has 0 saturated carbocycles. The number of aryl methyl sites for hydroxylation is 3. The molecular formula is C11H13N3O. The average molecular weight is 203 g/mol. The summed E-state index contributed by atoms with van der Waals surface area (Å²) in [6.07, 6.45) is 1.79. The van der Waals surface area contributed by atoms with Crippen LogP contribution < -0.4 is 5.73 Å². The van der Waals surface area contributed by atoms with Crippen molar-refractivity contribution in [3.63, 3.8) is 0 Å². The highest BCUT2D eigenvalue weighted by Crippen LogP contribution is 2.27. The van der Waals surface area contributed by atoms with Gasteiger partial charge in [-0.25, -0.2) is 0 Å². The summed E-state index contributed by atoms with van der Waals surface area (Å²) in [5, 5.41) is 3.90. The van der Waals surface area contributed by atoms with Crippen molar-refractivity contribution in [3.05, 3.63) is 29.4 Å². The molecule has 2 aromatic heterocycles. The van der Waals surface area contributed by atoms with Crippen LogP contribution in [0.4, 0.5) is 5.69 Å². The highest BCUT2D eigenvalue weighted by atomic mass is 16.5. The Balaban J connectivity index is 2.59. The van der Waals surface area contributed by atoms with E-state index < -0.39 is 0 Å². The second kappa shape index (κ2) is 3.38. The minimum absolute atomic E-state index is 0.688. The van der Waals surface area contributed by atoms with E-state index in [2.05, 4.69) is 10.1 Å². The summed E-state index contributed by atoms with van der Waals surface area (Å²) in [5.41, 5.74) is 10.1. The molecule has 0 fully saturated rings. The van der Waals surface area contributed by atoms with Crippen molar-refractivity contribution in [2.75, 3.05) is 5.73 Å². The van der Waals surface area contributed by atoms with E-state index in [0.717, 1.165) is 28.3 Å². The van der Waals surface area contributed by atoms with Crippen molar-refractivity contribution in [3.8, 4) is 11.1 Å². The van der Waals surface area contributed by atoms with Crippen LogP contribution in [0, 0.1) is 20.8 Å². The highest BCUT2D eigenvalue weighted by Gasteiger charge is 2.12.